The molecule has 1 aromatic heterocycles. The number of halogens is 1. The zero-order valence-electron chi connectivity index (χ0n) is 12.1. The fourth-order valence-corrected chi connectivity index (χ4v) is 4.03. The maximum Gasteiger partial charge on any atom is 0.264 e. The average Bonchev–Trinajstić information content (AvgIpc) is 3.07. The Morgan fingerprint density at radius 2 is 2.19 bits per heavy atom. The van der Waals surface area contributed by atoms with Crippen LogP contribution in [0.1, 0.15) is 28.9 Å². The van der Waals surface area contributed by atoms with Gasteiger partial charge in [0.2, 0.25) is 0 Å². The number of nitrogens with zero attached hydrogens (tertiary/aromatic N) is 2. The lowest BCUT2D eigenvalue weighted by Gasteiger charge is -2.23. The first-order valence-corrected chi connectivity index (χ1v) is 8.80. The monoisotopic (exact) mass is 328 g/mol. The molecule has 0 saturated carbocycles. The number of thiophene rings is 1. The van der Waals surface area contributed by atoms with Crippen molar-refractivity contribution >= 4 is 28.8 Å². The maximum atomic E-state index is 12.5. The van der Waals surface area contributed by atoms with Crippen LogP contribution in [0.2, 0.25) is 4.34 Å². The number of carbonyl (C=O) groups is 1. The highest BCUT2D eigenvalue weighted by molar-refractivity contribution is 7.17. The van der Waals surface area contributed by atoms with Gasteiger partial charge >= 0.3 is 0 Å². The summed E-state index contributed by atoms with van der Waals surface area (Å²) < 4.78 is 6.38. The van der Waals surface area contributed by atoms with E-state index in [0.717, 1.165) is 50.6 Å². The second-order valence-corrected chi connectivity index (χ2v) is 7.40. The van der Waals surface area contributed by atoms with Crippen LogP contribution in [0.4, 0.5) is 0 Å². The third-order valence-electron chi connectivity index (χ3n) is 4.15. The van der Waals surface area contributed by atoms with Gasteiger partial charge < -0.3 is 9.64 Å². The van der Waals surface area contributed by atoms with Crippen molar-refractivity contribution in [3.05, 3.63) is 21.3 Å². The molecule has 21 heavy (non-hydrogen) atoms. The van der Waals surface area contributed by atoms with Gasteiger partial charge in [-0.2, -0.15) is 0 Å². The molecular formula is C15H21ClN2O2S. The Morgan fingerprint density at radius 1 is 1.29 bits per heavy atom. The van der Waals surface area contributed by atoms with Gasteiger partial charge in [0.1, 0.15) is 0 Å². The Kier molecular flexibility index (Phi) is 5.16. The van der Waals surface area contributed by atoms with E-state index in [0.29, 0.717) is 10.4 Å². The molecule has 0 unspecified atom stereocenters. The summed E-state index contributed by atoms with van der Waals surface area (Å²) in [5.74, 6) is 0.117. The van der Waals surface area contributed by atoms with E-state index in [1.54, 1.807) is 6.07 Å². The minimum atomic E-state index is 0.117. The largest absolute Gasteiger partial charge is 0.377 e. The fraction of sp³-hybridized carbons (Fsp3) is 0.667. The zero-order chi connectivity index (χ0) is 14.7. The van der Waals surface area contributed by atoms with E-state index in [-0.39, 0.29) is 5.91 Å². The lowest BCUT2D eigenvalue weighted by molar-refractivity contribution is 0.0706. The van der Waals surface area contributed by atoms with Gasteiger partial charge in [0.05, 0.1) is 15.3 Å². The van der Waals surface area contributed by atoms with Crippen LogP contribution >= 0.6 is 22.9 Å². The van der Waals surface area contributed by atoms with E-state index in [2.05, 4.69) is 4.90 Å². The van der Waals surface area contributed by atoms with Gasteiger partial charge in [-0.05, 0) is 37.9 Å². The first-order valence-electron chi connectivity index (χ1n) is 7.61. The first kappa shape index (κ1) is 15.3. The van der Waals surface area contributed by atoms with Gasteiger partial charge in [0.25, 0.3) is 5.91 Å². The quantitative estimate of drug-likeness (QED) is 0.855. The third kappa shape index (κ3) is 3.97. The van der Waals surface area contributed by atoms with Crippen molar-refractivity contribution < 1.29 is 9.53 Å². The smallest absolute Gasteiger partial charge is 0.264 e. The van der Waals surface area contributed by atoms with Crippen LogP contribution in [-0.4, -0.2) is 61.1 Å². The van der Waals surface area contributed by atoms with Gasteiger partial charge in [0.15, 0.2) is 0 Å². The Labute approximate surface area is 134 Å². The van der Waals surface area contributed by atoms with Crippen LogP contribution in [-0.2, 0) is 4.74 Å². The molecule has 0 N–H and O–H groups in total. The Balaban J connectivity index is 1.53. The lowest BCUT2D eigenvalue weighted by Crippen LogP contribution is -2.37. The highest BCUT2D eigenvalue weighted by Gasteiger charge is 2.24. The van der Waals surface area contributed by atoms with Gasteiger partial charge in [-0.3, -0.25) is 9.69 Å². The Hall–Kier alpha value is -0.620. The maximum absolute atomic E-state index is 12.5. The molecule has 3 heterocycles. The summed E-state index contributed by atoms with van der Waals surface area (Å²) in [5.41, 5.74) is 0. The van der Waals surface area contributed by atoms with Crippen molar-refractivity contribution in [1.29, 1.82) is 0 Å². The number of rotatable bonds is 3. The molecule has 0 bridgehead atoms. The first-order chi connectivity index (χ1) is 10.2. The molecular weight excluding hydrogens is 308 g/mol. The van der Waals surface area contributed by atoms with E-state index in [1.807, 2.05) is 11.0 Å². The number of carbonyl (C=O) groups excluding carboxylic acids is 1. The molecule has 1 aromatic rings. The van der Waals surface area contributed by atoms with Crippen molar-refractivity contribution in [1.82, 2.24) is 9.80 Å². The molecule has 1 atom stereocenters. The molecule has 3 rings (SSSR count). The van der Waals surface area contributed by atoms with Gasteiger partial charge in [-0.25, -0.2) is 0 Å². The molecule has 6 heteroatoms. The van der Waals surface area contributed by atoms with Crippen LogP contribution in [0.25, 0.3) is 0 Å². The van der Waals surface area contributed by atoms with Crippen LogP contribution < -0.4 is 0 Å². The summed E-state index contributed by atoms with van der Waals surface area (Å²) in [7, 11) is 0. The normalized spacial score (nSPS) is 24.2. The van der Waals surface area contributed by atoms with E-state index < -0.39 is 0 Å². The molecule has 2 aliphatic rings. The summed E-state index contributed by atoms with van der Waals surface area (Å²) in [6.45, 7) is 5.52. The number of hydrogen-bond acceptors (Lipinski definition) is 4. The molecule has 4 nitrogen and oxygen atoms in total. The van der Waals surface area contributed by atoms with Crippen molar-refractivity contribution in [2.24, 2.45) is 0 Å². The van der Waals surface area contributed by atoms with E-state index >= 15 is 0 Å². The fourth-order valence-electron chi connectivity index (χ4n) is 3.02. The van der Waals surface area contributed by atoms with Crippen molar-refractivity contribution in [3.8, 4) is 0 Å². The van der Waals surface area contributed by atoms with Gasteiger partial charge in [-0.1, -0.05) is 11.6 Å². The van der Waals surface area contributed by atoms with Crippen LogP contribution in [0.3, 0.4) is 0 Å². The van der Waals surface area contributed by atoms with Gasteiger partial charge in [0, 0.05) is 32.8 Å². The van der Waals surface area contributed by atoms with E-state index in [9.17, 15) is 4.79 Å². The summed E-state index contributed by atoms with van der Waals surface area (Å²) in [6, 6.07) is 3.62. The number of amides is 1. The molecule has 2 aliphatic heterocycles. The summed E-state index contributed by atoms with van der Waals surface area (Å²) >= 11 is 7.28. The summed E-state index contributed by atoms with van der Waals surface area (Å²) in [5, 5.41) is 0. The van der Waals surface area contributed by atoms with Crippen LogP contribution in [0, 0.1) is 0 Å². The number of ether oxygens (including phenoxy) is 1. The molecule has 2 saturated heterocycles. The van der Waals surface area contributed by atoms with Crippen LogP contribution in [0.15, 0.2) is 12.1 Å². The minimum absolute atomic E-state index is 0.117. The number of hydrogen-bond donors (Lipinski definition) is 0. The van der Waals surface area contributed by atoms with Gasteiger partial charge in [-0.15, -0.1) is 11.3 Å². The predicted octanol–water partition coefficient (Wildman–Crippen LogP) is 2.73. The molecule has 0 aromatic carbocycles. The Morgan fingerprint density at radius 3 is 2.90 bits per heavy atom. The topological polar surface area (TPSA) is 32.8 Å². The van der Waals surface area contributed by atoms with E-state index in [1.165, 1.54) is 24.2 Å². The second-order valence-electron chi connectivity index (χ2n) is 5.69. The minimum Gasteiger partial charge on any atom is -0.377 e. The molecule has 1 amide bonds. The molecule has 0 spiro atoms. The molecule has 116 valence electrons. The highest BCUT2D eigenvalue weighted by Crippen LogP contribution is 2.23. The second kappa shape index (κ2) is 7.09. The van der Waals surface area contributed by atoms with Crippen molar-refractivity contribution in [3.63, 3.8) is 0 Å². The van der Waals surface area contributed by atoms with Crippen LogP contribution in [0.5, 0.6) is 0 Å². The zero-order valence-corrected chi connectivity index (χ0v) is 13.7. The molecule has 2 fully saturated rings. The summed E-state index contributed by atoms with van der Waals surface area (Å²) in [6.07, 6.45) is 3.77. The summed E-state index contributed by atoms with van der Waals surface area (Å²) in [4.78, 5) is 17.6. The van der Waals surface area contributed by atoms with Crippen molar-refractivity contribution in [2.75, 3.05) is 39.3 Å². The lowest BCUT2D eigenvalue weighted by atomic mass is 10.2. The highest BCUT2D eigenvalue weighted by atomic mass is 35.5. The molecule has 0 radical (unpaired) electrons. The SMILES string of the molecule is O=C(c1ccc(Cl)s1)N1CCCN(C[C@H]2CCCO2)CC1. The average molecular weight is 329 g/mol. The third-order valence-corrected chi connectivity index (χ3v) is 5.36. The molecule has 0 aliphatic carbocycles. The standard InChI is InChI=1S/C15H21ClN2O2S/c16-14-5-4-13(21-14)15(19)18-7-2-6-17(8-9-18)11-12-3-1-10-20-12/h4-5,12H,1-3,6-11H2/t12-/m1/s1. The Bertz CT molecular complexity index is 488. The van der Waals surface area contributed by atoms with E-state index in [4.69, 9.17) is 16.3 Å². The predicted molar refractivity (Wildman–Crippen MR) is 85.3 cm³/mol. The van der Waals surface area contributed by atoms with Crippen molar-refractivity contribution in [2.45, 2.75) is 25.4 Å².